The quantitative estimate of drug-likeness (QED) is 0.222. The molecule has 5 aromatic rings. The van der Waals surface area contributed by atoms with Crippen molar-refractivity contribution in [2.75, 3.05) is 37.7 Å². The molecule has 1 spiro atoms. The number of carbonyl (C=O) groups is 2. The number of benzene rings is 2. The molecule has 3 amide bonds. The van der Waals surface area contributed by atoms with E-state index < -0.39 is 35.0 Å². The van der Waals surface area contributed by atoms with E-state index in [9.17, 15) is 14.0 Å². The second-order valence-corrected chi connectivity index (χ2v) is 13.8. The highest BCUT2D eigenvalue weighted by atomic mass is 19.1. The first kappa shape index (κ1) is 30.1. The molecule has 3 aromatic heterocycles. The minimum atomic E-state index is -1.14. The van der Waals surface area contributed by atoms with E-state index >= 15 is 4.39 Å². The molecule has 14 heteroatoms. The Morgan fingerprint density at radius 3 is 2.82 bits per heavy atom. The van der Waals surface area contributed by atoms with Crippen LogP contribution in [0, 0.1) is 5.82 Å². The molecule has 0 bridgehead atoms. The largest absolute Gasteiger partial charge is 0.461 e. The number of pyridine rings is 1. The van der Waals surface area contributed by atoms with Gasteiger partial charge in [0.1, 0.15) is 35.3 Å². The van der Waals surface area contributed by atoms with Crippen molar-refractivity contribution in [1.29, 1.82) is 0 Å². The molecule has 252 valence electrons. The highest BCUT2D eigenvalue weighted by molar-refractivity contribution is 6.13. The molecule has 4 aliphatic heterocycles. The van der Waals surface area contributed by atoms with Crippen molar-refractivity contribution in [3.05, 3.63) is 48.0 Å². The highest BCUT2D eigenvalue weighted by Gasteiger charge is 2.50. The van der Waals surface area contributed by atoms with E-state index in [1.165, 1.54) is 0 Å². The number of nitrogens with one attached hydrogen (secondary N) is 3. The topological polar surface area (TPSA) is 141 Å². The molecule has 49 heavy (non-hydrogen) atoms. The number of nitrogens with zero attached hydrogens (tertiary/aromatic N) is 6. The number of hydrogen-bond acceptors (Lipinski definition) is 9. The number of amides is 3. The molecule has 0 aliphatic carbocycles. The van der Waals surface area contributed by atoms with Crippen LogP contribution in [-0.4, -0.2) is 92.0 Å². The first-order chi connectivity index (χ1) is 23.8. The standard InChI is InChI=1S/C35H35F2N9O3/c1-2-19-6-3-7-20-12-24-22(15-39-44-24)26(25(19)20)29-27(37)28-23(14-38-29)30(45-10-5-9-35(17-45)31(47)42-32(48)43-35)41-33(40-28)49-18-34-8-4-11-46(34)16-21(36)13-34/h3,6-7,12,14-15,21H,2,4-5,8-11,13,16-18H2,1H3,(H,39,44)(H2,42,43,47,48)/t21-,34+,35?/m1/s1. The molecule has 0 saturated carbocycles. The summed E-state index contributed by atoms with van der Waals surface area (Å²) in [6, 6.07) is 7.43. The number of hydrogen-bond donors (Lipinski definition) is 3. The Bertz CT molecular complexity index is 2190. The molecule has 7 heterocycles. The number of ether oxygens (including phenoxy) is 1. The van der Waals surface area contributed by atoms with Crippen LogP contribution in [0.3, 0.4) is 0 Å². The van der Waals surface area contributed by atoms with Gasteiger partial charge in [-0.15, -0.1) is 0 Å². The van der Waals surface area contributed by atoms with Crippen molar-refractivity contribution < 1.29 is 23.1 Å². The number of H-pyrrole nitrogens is 1. The minimum absolute atomic E-state index is 0.0164. The molecule has 1 unspecified atom stereocenters. The summed E-state index contributed by atoms with van der Waals surface area (Å²) >= 11 is 0. The number of rotatable bonds is 6. The number of urea groups is 1. The summed E-state index contributed by atoms with van der Waals surface area (Å²) in [5.74, 6) is -0.698. The lowest BCUT2D eigenvalue weighted by Crippen LogP contribution is -2.58. The first-order valence-corrected chi connectivity index (χ1v) is 16.9. The number of carbonyl (C=O) groups excluding carboxylic acids is 2. The molecule has 12 nitrogen and oxygen atoms in total. The lowest BCUT2D eigenvalue weighted by atomic mass is 9.89. The molecule has 2 aromatic carbocycles. The number of alkyl halides is 1. The zero-order valence-corrected chi connectivity index (χ0v) is 27.0. The van der Waals surface area contributed by atoms with Gasteiger partial charge in [0.05, 0.1) is 29.2 Å². The summed E-state index contributed by atoms with van der Waals surface area (Å²) in [5, 5.41) is 15.3. The van der Waals surface area contributed by atoms with E-state index in [2.05, 4.69) is 37.6 Å². The van der Waals surface area contributed by atoms with Gasteiger partial charge in [-0.25, -0.2) is 13.6 Å². The molecular formula is C35H35F2N9O3. The Labute approximate surface area is 279 Å². The van der Waals surface area contributed by atoms with Crippen LogP contribution in [0.25, 0.3) is 43.8 Å². The van der Waals surface area contributed by atoms with Crippen LogP contribution in [0.15, 0.2) is 36.7 Å². The van der Waals surface area contributed by atoms with Crippen LogP contribution in [0.2, 0.25) is 0 Å². The average molecular weight is 668 g/mol. The molecule has 9 rings (SSSR count). The van der Waals surface area contributed by atoms with Gasteiger partial charge in [-0.1, -0.05) is 25.1 Å². The molecule has 3 atom stereocenters. The lowest BCUT2D eigenvalue weighted by molar-refractivity contribution is -0.124. The molecule has 4 aliphatic rings. The van der Waals surface area contributed by atoms with Crippen LogP contribution in [-0.2, 0) is 11.2 Å². The summed E-state index contributed by atoms with van der Waals surface area (Å²) < 4.78 is 38.1. The van der Waals surface area contributed by atoms with Gasteiger partial charge in [-0.2, -0.15) is 15.1 Å². The molecule has 3 N–H and O–H groups in total. The van der Waals surface area contributed by atoms with Crippen LogP contribution >= 0.6 is 0 Å². The number of halogens is 2. The van der Waals surface area contributed by atoms with Gasteiger partial charge in [0.2, 0.25) is 0 Å². The van der Waals surface area contributed by atoms with Crippen LogP contribution in [0.4, 0.5) is 19.4 Å². The van der Waals surface area contributed by atoms with Gasteiger partial charge in [0.15, 0.2) is 5.82 Å². The number of aromatic nitrogens is 5. The van der Waals surface area contributed by atoms with Gasteiger partial charge < -0.3 is 15.0 Å². The predicted molar refractivity (Wildman–Crippen MR) is 179 cm³/mol. The lowest BCUT2D eigenvalue weighted by Gasteiger charge is -2.39. The minimum Gasteiger partial charge on any atom is -0.461 e. The van der Waals surface area contributed by atoms with Crippen molar-refractivity contribution in [3.8, 4) is 17.3 Å². The van der Waals surface area contributed by atoms with E-state index in [1.807, 2.05) is 29.2 Å². The number of anilines is 1. The molecule has 4 saturated heterocycles. The van der Waals surface area contributed by atoms with Crippen LogP contribution in [0.5, 0.6) is 6.01 Å². The van der Waals surface area contributed by atoms with Crippen LogP contribution in [0.1, 0.15) is 44.6 Å². The molecule has 4 fully saturated rings. The number of aryl methyl sites for hydroxylation is 1. The van der Waals surface area contributed by atoms with Gasteiger partial charge in [0, 0.05) is 36.7 Å². The third-order valence-corrected chi connectivity index (χ3v) is 11.0. The van der Waals surface area contributed by atoms with E-state index in [-0.39, 0.29) is 30.4 Å². The summed E-state index contributed by atoms with van der Waals surface area (Å²) in [6.07, 6.45) is 6.18. The Morgan fingerprint density at radius 1 is 1.10 bits per heavy atom. The Hall–Kier alpha value is -4.98. The Balaban J connectivity index is 1.21. The van der Waals surface area contributed by atoms with E-state index in [1.54, 1.807) is 12.4 Å². The second-order valence-electron chi connectivity index (χ2n) is 13.8. The third kappa shape index (κ3) is 4.63. The predicted octanol–water partition coefficient (Wildman–Crippen LogP) is 4.56. The van der Waals surface area contributed by atoms with Crippen molar-refractivity contribution in [1.82, 2.24) is 40.7 Å². The summed E-state index contributed by atoms with van der Waals surface area (Å²) in [4.78, 5) is 43.3. The number of piperidine rings is 1. The number of imide groups is 1. The molecular weight excluding hydrogens is 632 g/mol. The fourth-order valence-electron chi connectivity index (χ4n) is 8.68. The third-order valence-electron chi connectivity index (χ3n) is 11.0. The summed E-state index contributed by atoms with van der Waals surface area (Å²) in [6.45, 7) is 4.02. The van der Waals surface area contributed by atoms with E-state index in [4.69, 9.17) is 14.7 Å². The summed E-state index contributed by atoms with van der Waals surface area (Å²) in [5.41, 5.74) is 0.940. The van der Waals surface area contributed by atoms with E-state index in [0.717, 1.165) is 53.0 Å². The van der Waals surface area contributed by atoms with Gasteiger partial charge >= 0.3 is 12.0 Å². The Morgan fingerprint density at radius 2 is 1.98 bits per heavy atom. The van der Waals surface area contributed by atoms with Crippen molar-refractivity contribution in [2.24, 2.45) is 0 Å². The summed E-state index contributed by atoms with van der Waals surface area (Å²) in [7, 11) is 0. The zero-order valence-electron chi connectivity index (χ0n) is 27.0. The SMILES string of the molecule is CCc1cccc2cc3[nH]ncc3c(-c3ncc4c(N5CCCC6(C5)NC(=O)NC6=O)nc(OC[C@@]56CCCN5C[C@H](F)C6)nc4c3F)c12. The maximum absolute atomic E-state index is 17.3. The second kappa shape index (κ2) is 11.0. The van der Waals surface area contributed by atoms with Crippen molar-refractivity contribution in [2.45, 2.75) is 62.7 Å². The smallest absolute Gasteiger partial charge is 0.322 e. The maximum atomic E-state index is 17.3. The van der Waals surface area contributed by atoms with Crippen molar-refractivity contribution >= 4 is 50.3 Å². The fraction of sp³-hybridized carbons (Fsp3) is 0.429. The first-order valence-electron chi connectivity index (χ1n) is 16.9. The normalized spacial score (nSPS) is 25.5. The van der Waals surface area contributed by atoms with Crippen molar-refractivity contribution in [3.63, 3.8) is 0 Å². The van der Waals surface area contributed by atoms with Gasteiger partial charge in [-0.05, 0) is 61.1 Å². The zero-order chi connectivity index (χ0) is 33.5. The number of aromatic amines is 1. The average Bonchev–Trinajstić information content (AvgIpc) is 3.85. The van der Waals surface area contributed by atoms with Gasteiger partial charge in [-0.3, -0.25) is 25.1 Å². The monoisotopic (exact) mass is 667 g/mol. The molecule has 0 radical (unpaired) electrons. The maximum Gasteiger partial charge on any atom is 0.322 e. The Kier molecular flexibility index (Phi) is 6.77. The van der Waals surface area contributed by atoms with E-state index in [0.29, 0.717) is 49.1 Å². The number of fused-ring (bicyclic) bond motifs is 4. The van der Waals surface area contributed by atoms with Crippen LogP contribution < -0.4 is 20.3 Å². The fourth-order valence-corrected chi connectivity index (χ4v) is 8.68. The van der Waals surface area contributed by atoms with Gasteiger partial charge in [0.25, 0.3) is 5.91 Å². The highest BCUT2D eigenvalue weighted by Crippen LogP contribution is 2.43.